The largest absolute Gasteiger partial charge is 0.439 e. The number of aromatic nitrogens is 1. The first-order valence-electron chi connectivity index (χ1n) is 8.69. The lowest BCUT2D eigenvalue weighted by molar-refractivity contribution is 0.128. The molecular weight excluding hydrogens is 304 g/mol. The minimum Gasteiger partial charge on any atom is -0.439 e. The zero-order valence-electron chi connectivity index (χ0n) is 14.7. The zero-order chi connectivity index (χ0) is 17.1. The van der Waals surface area contributed by atoms with Crippen LogP contribution in [0.4, 0.5) is 4.79 Å². The number of fused-ring (bicyclic) bond motifs is 1. The number of urea groups is 1. The highest BCUT2D eigenvalue weighted by atomic mass is 16.3. The average molecular weight is 330 g/mol. The third-order valence-electron chi connectivity index (χ3n) is 4.59. The summed E-state index contributed by atoms with van der Waals surface area (Å²) in [5, 5.41) is 3.02. The van der Waals surface area contributed by atoms with E-state index in [1.165, 1.54) is 5.56 Å². The van der Waals surface area contributed by atoms with Crippen LogP contribution in [0.15, 0.2) is 22.6 Å². The second kappa shape index (κ2) is 7.21. The van der Waals surface area contributed by atoms with Crippen molar-refractivity contribution in [2.45, 2.75) is 39.8 Å². The van der Waals surface area contributed by atoms with Gasteiger partial charge in [0.25, 0.3) is 0 Å². The van der Waals surface area contributed by atoms with Crippen LogP contribution in [0.2, 0.25) is 0 Å². The highest BCUT2D eigenvalue weighted by molar-refractivity contribution is 5.74. The van der Waals surface area contributed by atoms with Crippen LogP contribution in [0, 0.1) is 6.92 Å². The minimum absolute atomic E-state index is 0.0429. The minimum atomic E-state index is 0.0429. The van der Waals surface area contributed by atoms with Gasteiger partial charge in [0.1, 0.15) is 5.52 Å². The van der Waals surface area contributed by atoms with Crippen molar-refractivity contribution >= 4 is 17.1 Å². The van der Waals surface area contributed by atoms with Gasteiger partial charge in [-0.15, -0.1) is 0 Å². The van der Waals surface area contributed by atoms with E-state index < -0.39 is 0 Å². The maximum Gasteiger partial charge on any atom is 0.317 e. The lowest BCUT2D eigenvalue weighted by Crippen LogP contribution is -2.52. The topological polar surface area (TPSA) is 61.6 Å². The highest BCUT2D eigenvalue weighted by Crippen LogP contribution is 2.18. The molecule has 1 N–H and O–H groups in total. The fraction of sp³-hybridized carbons (Fsp3) is 0.556. The first-order chi connectivity index (χ1) is 11.5. The molecule has 6 nitrogen and oxygen atoms in total. The molecule has 1 fully saturated rings. The number of rotatable bonds is 4. The fourth-order valence-corrected chi connectivity index (χ4v) is 2.85. The Balaban J connectivity index is 1.54. The number of aryl methyl sites for hydroxylation is 1. The third-order valence-corrected chi connectivity index (χ3v) is 4.59. The molecule has 0 unspecified atom stereocenters. The van der Waals surface area contributed by atoms with Crippen LogP contribution in [0.1, 0.15) is 31.7 Å². The molecule has 0 aliphatic carbocycles. The van der Waals surface area contributed by atoms with Crippen molar-refractivity contribution in [3.05, 3.63) is 29.7 Å². The summed E-state index contributed by atoms with van der Waals surface area (Å²) in [6.45, 7) is 9.99. The zero-order valence-corrected chi connectivity index (χ0v) is 14.7. The van der Waals surface area contributed by atoms with Crippen LogP contribution >= 0.6 is 0 Å². The molecule has 1 aliphatic rings. The van der Waals surface area contributed by atoms with Gasteiger partial charge in [0, 0.05) is 32.2 Å². The number of nitrogens with one attached hydrogen (secondary N) is 1. The fourth-order valence-electron chi connectivity index (χ4n) is 2.85. The van der Waals surface area contributed by atoms with E-state index in [9.17, 15) is 4.79 Å². The monoisotopic (exact) mass is 330 g/mol. The number of hydrogen-bond acceptors (Lipinski definition) is 4. The number of carbonyl (C=O) groups is 1. The molecule has 24 heavy (non-hydrogen) atoms. The Morgan fingerprint density at radius 3 is 2.79 bits per heavy atom. The number of benzene rings is 1. The van der Waals surface area contributed by atoms with Crippen LogP contribution in [0.5, 0.6) is 0 Å². The van der Waals surface area contributed by atoms with Crippen molar-refractivity contribution in [3.8, 4) is 0 Å². The van der Waals surface area contributed by atoms with Gasteiger partial charge in [0.2, 0.25) is 5.89 Å². The molecule has 1 aliphatic heterocycles. The summed E-state index contributed by atoms with van der Waals surface area (Å²) in [4.78, 5) is 20.9. The van der Waals surface area contributed by atoms with Gasteiger partial charge >= 0.3 is 6.03 Å². The van der Waals surface area contributed by atoms with E-state index in [4.69, 9.17) is 4.42 Å². The summed E-state index contributed by atoms with van der Waals surface area (Å²) in [5.74, 6) is 0.744. The van der Waals surface area contributed by atoms with Crippen molar-refractivity contribution < 1.29 is 9.21 Å². The van der Waals surface area contributed by atoms with Crippen molar-refractivity contribution in [3.63, 3.8) is 0 Å². The maximum atomic E-state index is 12.1. The highest BCUT2D eigenvalue weighted by Gasteiger charge is 2.22. The second-order valence-corrected chi connectivity index (χ2v) is 6.60. The van der Waals surface area contributed by atoms with E-state index in [-0.39, 0.29) is 12.1 Å². The lowest BCUT2D eigenvalue weighted by atomic mass is 10.2. The molecule has 2 amide bonds. The van der Waals surface area contributed by atoms with Crippen LogP contribution in [-0.2, 0) is 6.54 Å². The van der Waals surface area contributed by atoms with Gasteiger partial charge in [-0.3, -0.25) is 4.90 Å². The number of amides is 2. The predicted octanol–water partition coefficient (Wildman–Crippen LogP) is 2.76. The molecule has 1 aromatic heterocycles. The molecular formula is C18H26N4O2. The van der Waals surface area contributed by atoms with Crippen LogP contribution < -0.4 is 5.32 Å². The average Bonchev–Trinajstić information content (AvgIpc) is 2.96. The Bertz CT molecular complexity index is 704. The van der Waals surface area contributed by atoms with E-state index in [0.717, 1.165) is 49.6 Å². The summed E-state index contributed by atoms with van der Waals surface area (Å²) in [6, 6.07) is 6.32. The van der Waals surface area contributed by atoms with Crippen LogP contribution in [0.3, 0.4) is 0 Å². The Hall–Kier alpha value is -2.08. The summed E-state index contributed by atoms with van der Waals surface area (Å²) in [5.41, 5.74) is 2.92. The Kier molecular flexibility index (Phi) is 5.04. The maximum absolute atomic E-state index is 12.1. The number of oxazole rings is 1. The molecule has 2 aromatic rings. The molecule has 0 bridgehead atoms. The van der Waals surface area contributed by atoms with E-state index in [0.29, 0.717) is 6.54 Å². The molecule has 1 aromatic carbocycles. The summed E-state index contributed by atoms with van der Waals surface area (Å²) < 4.78 is 5.85. The van der Waals surface area contributed by atoms with E-state index >= 15 is 0 Å². The molecule has 0 spiro atoms. The van der Waals surface area contributed by atoms with Gasteiger partial charge in [0.15, 0.2) is 5.58 Å². The van der Waals surface area contributed by atoms with Gasteiger partial charge < -0.3 is 14.6 Å². The number of carbonyl (C=O) groups excluding carboxylic acids is 1. The first kappa shape index (κ1) is 16.8. The molecule has 130 valence electrons. The number of piperazine rings is 1. The number of nitrogens with zero attached hydrogens (tertiary/aromatic N) is 3. The number of hydrogen-bond donors (Lipinski definition) is 1. The molecule has 0 radical (unpaired) electrons. The van der Waals surface area contributed by atoms with Crippen molar-refractivity contribution in [2.24, 2.45) is 0 Å². The summed E-state index contributed by atoms with van der Waals surface area (Å²) >= 11 is 0. The standard InChI is InChI=1S/C18H26N4O2/c1-4-14(3)19-18(23)22-9-7-21(8-10-22)12-17-20-15-6-5-13(2)11-16(15)24-17/h5-6,11,14H,4,7-10,12H2,1-3H3,(H,19,23)/t14-/m1/s1. The Morgan fingerprint density at radius 2 is 2.08 bits per heavy atom. The van der Waals surface area contributed by atoms with Gasteiger partial charge in [-0.05, 0) is 38.0 Å². The summed E-state index contributed by atoms with van der Waals surface area (Å²) in [6.07, 6.45) is 0.947. The second-order valence-electron chi connectivity index (χ2n) is 6.60. The quantitative estimate of drug-likeness (QED) is 0.936. The van der Waals surface area contributed by atoms with E-state index in [1.807, 2.05) is 36.9 Å². The van der Waals surface area contributed by atoms with Gasteiger partial charge in [-0.1, -0.05) is 13.0 Å². The van der Waals surface area contributed by atoms with Crippen molar-refractivity contribution in [1.29, 1.82) is 0 Å². The normalized spacial score (nSPS) is 17.2. The van der Waals surface area contributed by atoms with Crippen LogP contribution in [0.25, 0.3) is 11.1 Å². The SMILES string of the molecule is CC[C@@H](C)NC(=O)N1CCN(Cc2nc3ccc(C)cc3o2)CC1. The molecule has 6 heteroatoms. The summed E-state index contributed by atoms with van der Waals surface area (Å²) in [7, 11) is 0. The predicted molar refractivity (Wildman–Crippen MR) is 93.9 cm³/mol. The molecule has 2 heterocycles. The Morgan fingerprint density at radius 1 is 1.33 bits per heavy atom. The lowest BCUT2D eigenvalue weighted by Gasteiger charge is -2.34. The molecule has 1 saturated heterocycles. The Labute approximate surface area is 142 Å². The van der Waals surface area contributed by atoms with E-state index in [2.05, 4.69) is 22.1 Å². The van der Waals surface area contributed by atoms with Gasteiger partial charge in [0.05, 0.1) is 6.54 Å². The van der Waals surface area contributed by atoms with Crippen molar-refractivity contribution in [2.75, 3.05) is 26.2 Å². The molecule has 0 saturated carbocycles. The smallest absolute Gasteiger partial charge is 0.317 e. The molecule has 3 rings (SSSR count). The van der Waals surface area contributed by atoms with Crippen LogP contribution in [-0.4, -0.2) is 53.0 Å². The molecule has 1 atom stereocenters. The van der Waals surface area contributed by atoms with Gasteiger partial charge in [-0.25, -0.2) is 9.78 Å². The third kappa shape index (κ3) is 3.87. The van der Waals surface area contributed by atoms with Gasteiger partial charge in [-0.2, -0.15) is 0 Å². The first-order valence-corrected chi connectivity index (χ1v) is 8.69. The van der Waals surface area contributed by atoms with E-state index in [1.54, 1.807) is 0 Å². The van der Waals surface area contributed by atoms with Crippen molar-refractivity contribution in [1.82, 2.24) is 20.1 Å².